The molecule has 0 radical (unpaired) electrons. The quantitative estimate of drug-likeness (QED) is 0.764. The van der Waals surface area contributed by atoms with Crippen LogP contribution in [0.1, 0.15) is 12.0 Å². The lowest BCUT2D eigenvalue weighted by molar-refractivity contribution is -0.127. The summed E-state index contributed by atoms with van der Waals surface area (Å²) in [7, 11) is 1.79. The molecule has 0 unspecified atom stereocenters. The lowest BCUT2D eigenvalue weighted by atomic mass is 10.2. The largest absolute Gasteiger partial charge is 0.397 e. The highest BCUT2D eigenvalue weighted by Crippen LogP contribution is 2.20. The van der Waals surface area contributed by atoms with Gasteiger partial charge in [-0.15, -0.1) is 0 Å². The molecular weight excluding hydrogens is 230 g/mol. The monoisotopic (exact) mass is 245 g/mol. The standard InChI is InChI=1S/C12H15N5O/c1-16-3-2-4-17(8-11(16)18)12-9(6-13)5-10(14)7-15-12/h5,7H,2-4,8,14H2,1H3. The number of nitriles is 1. The molecule has 1 aliphatic rings. The van der Waals surface area contributed by atoms with Gasteiger partial charge in [0.1, 0.15) is 11.9 Å². The number of carbonyl (C=O) groups excluding carboxylic acids is 1. The fraction of sp³-hybridized carbons (Fsp3) is 0.417. The SMILES string of the molecule is CN1CCCN(c2ncc(N)cc2C#N)CC1=O. The molecule has 1 saturated heterocycles. The van der Waals surface area contributed by atoms with Gasteiger partial charge in [0.25, 0.3) is 0 Å². The lowest BCUT2D eigenvalue weighted by Gasteiger charge is -2.21. The van der Waals surface area contributed by atoms with Gasteiger partial charge in [-0.05, 0) is 12.5 Å². The van der Waals surface area contributed by atoms with Gasteiger partial charge in [0.2, 0.25) is 5.91 Å². The molecule has 0 spiro atoms. The van der Waals surface area contributed by atoms with E-state index >= 15 is 0 Å². The van der Waals surface area contributed by atoms with Crippen molar-refractivity contribution in [3.05, 3.63) is 17.8 Å². The number of nitrogens with zero attached hydrogens (tertiary/aromatic N) is 4. The molecule has 2 heterocycles. The zero-order valence-electron chi connectivity index (χ0n) is 10.3. The maximum Gasteiger partial charge on any atom is 0.241 e. The van der Waals surface area contributed by atoms with Crippen LogP contribution in [0.5, 0.6) is 0 Å². The van der Waals surface area contributed by atoms with Crippen molar-refractivity contribution in [3.8, 4) is 6.07 Å². The molecule has 2 rings (SSSR count). The first-order valence-corrected chi connectivity index (χ1v) is 5.76. The Hall–Kier alpha value is -2.29. The predicted molar refractivity (Wildman–Crippen MR) is 67.8 cm³/mol. The second kappa shape index (κ2) is 4.92. The van der Waals surface area contributed by atoms with E-state index in [1.807, 2.05) is 4.90 Å². The zero-order chi connectivity index (χ0) is 13.1. The van der Waals surface area contributed by atoms with E-state index in [0.29, 0.717) is 23.6 Å². The van der Waals surface area contributed by atoms with E-state index in [0.717, 1.165) is 13.0 Å². The number of aromatic nitrogens is 1. The molecule has 94 valence electrons. The van der Waals surface area contributed by atoms with Gasteiger partial charge >= 0.3 is 0 Å². The van der Waals surface area contributed by atoms with Crippen molar-refractivity contribution in [2.24, 2.45) is 0 Å². The second-order valence-corrected chi connectivity index (χ2v) is 4.34. The average molecular weight is 245 g/mol. The molecule has 6 heteroatoms. The Kier molecular flexibility index (Phi) is 3.33. The third-order valence-corrected chi connectivity index (χ3v) is 2.98. The average Bonchev–Trinajstić information content (AvgIpc) is 2.52. The van der Waals surface area contributed by atoms with Gasteiger partial charge in [0, 0.05) is 20.1 Å². The van der Waals surface area contributed by atoms with Crippen molar-refractivity contribution in [2.45, 2.75) is 6.42 Å². The summed E-state index contributed by atoms with van der Waals surface area (Å²) in [5.74, 6) is 0.574. The number of amides is 1. The first kappa shape index (κ1) is 12.2. The van der Waals surface area contributed by atoms with Gasteiger partial charge in [-0.3, -0.25) is 4.79 Å². The first-order chi connectivity index (χ1) is 8.61. The number of carbonyl (C=O) groups is 1. The van der Waals surface area contributed by atoms with E-state index in [4.69, 9.17) is 11.0 Å². The Balaban J connectivity index is 2.31. The minimum atomic E-state index is 0.0371. The van der Waals surface area contributed by atoms with E-state index in [2.05, 4.69) is 11.1 Å². The number of anilines is 2. The summed E-state index contributed by atoms with van der Waals surface area (Å²) in [6, 6.07) is 3.66. The zero-order valence-corrected chi connectivity index (χ0v) is 10.3. The molecule has 0 bridgehead atoms. The number of hydrogen-bond acceptors (Lipinski definition) is 5. The number of pyridine rings is 1. The van der Waals surface area contributed by atoms with Crippen LogP contribution in [0, 0.1) is 11.3 Å². The van der Waals surface area contributed by atoms with Crippen molar-refractivity contribution in [3.63, 3.8) is 0 Å². The molecule has 0 saturated carbocycles. The maximum atomic E-state index is 11.8. The van der Waals surface area contributed by atoms with Crippen molar-refractivity contribution in [1.82, 2.24) is 9.88 Å². The van der Waals surface area contributed by atoms with Crippen LogP contribution in [0.4, 0.5) is 11.5 Å². The summed E-state index contributed by atoms with van der Waals surface area (Å²) in [5.41, 5.74) is 6.47. The van der Waals surface area contributed by atoms with Crippen molar-refractivity contribution >= 4 is 17.4 Å². The third kappa shape index (κ3) is 2.35. The molecule has 1 aromatic heterocycles. The van der Waals surface area contributed by atoms with E-state index < -0.39 is 0 Å². The Morgan fingerprint density at radius 1 is 1.50 bits per heavy atom. The predicted octanol–water partition coefficient (Wildman–Crippen LogP) is 0.204. The molecule has 1 amide bonds. The number of likely N-dealkylation sites (N-methyl/N-ethyl adjacent to an activating group) is 1. The number of hydrogen-bond donors (Lipinski definition) is 1. The summed E-state index contributed by atoms with van der Waals surface area (Å²) in [6.07, 6.45) is 2.37. The molecule has 18 heavy (non-hydrogen) atoms. The summed E-state index contributed by atoms with van der Waals surface area (Å²) in [6.45, 7) is 1.69. The summed E-state index contributed by atoms with van der Waals surface area (Å²) < 4.78 is 0. The van der Waals surface area contributed by atoms with E-state index in [9.17, 15) is 4.79 Å². The molecule has 1 aliphatic heterocycles. The van der Waals surface area contributed by atoms with Crippen LogP contribution in [0.25, 0.3) is 0 Å². The Bertz CT molecular complexity index is 508. The minimum Gasteiger partial charge on any atom is -0.397 e. The summed E-state index contributed by atoms with van der Waals surface area (Å²) in [4.78, 5) is 19.5. The van der Waals surface area contributed by atoms with Crippen molar-refractivity contribution < 1.29 is 4.79 Å². The van der Waals surface area contributed by atoms with Crippen molar-refractivity contribution in [1.29, 1.82) is 5.26 Å². The Morgan fingerprint density at radius 2 is 2.28 bits per heavy atom. The van der Waals surface area contributed by atoms with Crippen LogP contribution in [0.3, 0.4) is 0 Å². The highest BCUT2D eigenvalue weighted by molar-refractivity contribution is 5.82. The highest BCUT2D eigenvalue weighted by atomic mass is 16.2. The van der Waals surface area contributed by atoms with Crippen LogP contribution in [-0.2, 0) is 4.79 Å². The normalized spacial score (nSPS) is 16.3. The highest BCUT2D eigenvalue weighted by Gasteiger charge is 2.21. The number of nitrogens with two attached hydrogens (primary N) is 1. The number of rotatable bonds is 1. The van der Waals surface area contributed by atoms with E-state index in [1.54, 1.807) is 18.0 Å². The number of nitrogen functional groups attached to an aromatic ring is 1. The van der Waals surface area contributed by atoms with E-state index in [1.165, 1.54) is 6.20 Å². The molecule has 0 aromatic carbocycles. The second-order valence-electron chi connectivity index (χ2n) is 4.34. The van der Waals surface area contributed by atoms with Crippen LogP contribution in [0.15, 0.2) is 12.3 Å². The summed E-state index contributed by atoms with van der Waals surface area (Å²) >= 11 is 0. The Labute approximate surface area is 106 Å². The molecular formula is C12H15N5O. The van der Waals surface area contributed by atoms with Gasteiger partial charge in [-0.2, -0.15) is 5.26 Å². The van der Waals surface area contributed by atoms with Gasteiger partial charge in [0.15, 0.2) is 0 Å². The van der Waals surface area contributed by atoms with Crippen LogP contribution < -0.4 is 10.6 Å². The third-order valence-electron chi connectivity index (χ3n) is 2.98. The molecule has 0 atom stereocenters. The van der Waals surface area contributed by atoms with Gasteiger partial charge in [-0.25, -0.2) is 4.98 Å². The van der Waals surface area contributed by atoms with Crippen LogP contribution in [0.2, 0.25) is 0 Å². The molecule has 0 aliphatic carbocycles. The fourth-order valence-electron chi connectivity index (χ4n) is 1.98. The topological polar surface area (TPSA) is 86.2 Å². The Morgan fingerprint density at radius 3 is 3.00 bits per heavy atom. The molecule has 1 fully saturated rings. The van der Waals surface area contributed by atoms with Gasteiger partial charge in [-0.1, -0.05) is 0 Å². The lowest BCUT2D eigenvalue weighted by Crippen LogP contribution is -2.35. The summed E-state index contributed by atoms with van der Waals surface area (Å²) in [5, 5.41) is 9.09. The maximum absolute atomic E-state index is 11.8. The van der Waals surface area contributed by atoms with E-state index in [-0.39, 0.29) is 12.5 Å². The van der Waals surface area contributed by atoms with Gasteiger partial charge in [0.05, 0.1) is 24.0 Å². The van der Waals surface area contributed by atoms with Crippen LogP contribution in [-0.4, -0.2) is 42.5 Å². The van der Waals surface area contributed by atoms with Crippen LogP contribution >= 0.6 is 0 Å². The first-order valence-electron chi connectivity index (χ1n) is 5.76. The van der Waals surface area contributed by atoms with Crippen molar-refractivity contribution in [2.75, 3.05) is 37.3 Å². The molecule has 1 aromatic rings. The fourth-order valence-corrected chi connectivity index (χ4v) is 1.98. The molecule has 2 N–H and O–H groups in total. The molecule has 6 nitrogen and oxygen atoms in total. The van der Waals surface area contributed by atoms with Gasteiger partial charge < -0.3 is 15.5 Å². The smallest absolute Gasteiger partial charge is 0.241 e. The minimum absolute atomic E-state index is 0.0371.